The average Bonchev–Trinajstić information content (AvgIpc) is 2.53. The van der Waals surface area contributed by atoms with Crippen LogP contribution in [0.25, 0.3) is 0 Å². The summed E-state index contributed by atoms with van der Waals surface area (Å²) in [4.78, 5) is 14.5. The van der Waals surface area contributed by atoms with E-state index in [0.717, 1.165) is 38.0 Å². The fourth-order valence-corrected chi connectivity index (χ4v) is 2.63. The van der Waals surface area contributed by atoms with Crippen LogP contribution in [0.5, 0.6) is 0 Å². The number of amides is 1. The molecule has 0 atom stereocenters. The van der Waals surface area contributed by atoms with Gasteiger partial charge in [0.15, 0.2) is 0 Å². The highest BCUT2D eigenvalue weighted by Gasteiger charge is 2.16. The number of carbonyl (C=O) groups is 1. The first kappa shape index (κ1) is 22.0. The molecule has 23 heavy (non-hydrogen) atoms. The Labute approximate surface area is 152 Å². The predicted octanol–water partition coefficient (Wildman–Crippen LogP) is 3.25. The monoisotopic (exact) mass is 361 g/mol. The molecule has 0 bridgehead atoms. The predicted molar refractivity (Wildman–Crippen MR) is 102 cm³/mol. The lowest BCUT2D eigenvalue weighted by molar-refractivity contribution is 0.0929. The van der Waals surface area contributed by atoms with Crippen LogP contribution in [-0.4, -0.2) is 38.6 Å². The van der Waals surface area contributed by atoms with E-state index < -0.39 is 0 Å². The zero-order chi connectivity index (χ0) is 15.1. The second kappa shape index (κ2) is 11.5. The Kier molecular flexibility index (Phi) is 11.1. The maximum atomic E-state index is 12.2. The van der Waals surface area contributed by atoms with E-state index in [2.05, 4.69) is 29.5 Å². The zero-order valence-electron chi connectivity index (χ0n) is 14.0. The molecule has 132 valence electrons. The molecule has 1 heterocycles. The van der Waals surface area contributed by atoms with Gasteiger partial charge in [-0.05, 0) is 56.6 Å². The van der Waals surface area contributed by atoms with E-state index in [1.54, 1.807) is 0 Å². The van der Waals surface area contributed by atoms with Crippen molar-refractivity contribution in [3.63, 3.8) is 0 Å². The number of hydrogen-bond acceptors (Lipinski definition) is 3. The molecule has 1 amide bonds. The first-order chi connectivity index (χ1) is 10.2. The highest BCUT2D eigenvalue weighted by atomic mass is 35.5. The average molecular weight is 362 g/mol. The van der Waals surface area contributed by atoms with Crippen LogP contribution in [-0.2, 0) is 0 Å². The van der Waals surface area contributed by atoms with Crippen LogP contribution in [0.3, 0.4) is 0 Å². The van der Waals surface area contributed by atoms with Gasteiger partial charge in [0.2, 0.25) is 0 Å². The van der Waals surface area contributed by atoms with Crippen LogP contribution in [0, 0.1) is 0 Å². The zero-order valence-corrected chi connectivity index (χ0v) is 15.6. The molecule has 2 rings (SSSR count). The number of unbranched alkanes of at least 4 members (excludes halogenated alkanes) is 1. The maximum Gasteiger partial charge on any atom is 0.251 e. The molecule has 0 saturated carbocycles. The third kappa shape index (κ3) is 6.98. The van der Waals surface area contributed by atoms with E-state index in [4.69, 9.17) is 0 Å². The molecule has 6 heteroatoms. The summed E-state index contributed by atoms with van der Waals surface area (Å²) in [7, 11) is 2.10. The van der Waals surface area contributed by atoms with Crippen molar-refractivity contribution < 1.29 is 4.79 Å². The first-order valence-electron chi connectivity index (χ1n) is 8.03. The number of hydrogen-bond donors (Lipinski definition) is 2. The van der Waals surface area contributed by atoms with Gasteiger partial charge < -0.3 is 15.5 Å². The highest BCUT2D eigenvalue weighted by molar-refractivity contribution is 5.94. The fraction of sp³-hybridized carbons (Fsp3) is 0.588. The van der Waals surface area contributed by atoms with Gasteiger partial charge >= 0.3 is 0 Å². The van der Waals surface area contributed by atoms with Crippen LogP contribution >= 0.6 is 24.8 Å². The number of halogens is 2. The molecular formula is C17H29Cl2N3O. The Morgan fingerprint density at radius 3 is 2.39 bits per heavy atom. The van der Waals surface area contributed by atoms with Gasteiger partial charge in [0.1, 0.15) is 0 Å². The minimum absolute atomic E-state index is 0. The summed E-state index contributed by atoms with van der Waals surface area (Å²) < 4.78 is 0. The van der Waals surface area contributed by atoms with Gasteiger partial charge in [-0.25, -0.2) is 0 Å². The van der Waals surface area contributed by atoms with E-state index in [1.165, 1.54) is 18.5 Å². The molecule has 1 aliphatic heterocycles. The number of nitrogens with zero attached hydrogens (tertiary/aromatic N) is 1. The standard InChI is InChI=1S/C17H27N3O.2ClH/c1-3-4-13-20(2)16-7-5-14(6-8-16)17(21)19-15-9-11-18-12-10-15;;/h5-8,15,18H,3-4,9-13H2,1-2H3,(H,19,21);2*1H. The van der Waals surface area contributed by atoms with Gasteiger partial charge in [0, 0.05) is 30.9 Å². The molecule has 1 aromatic carbocycles. The molecule has 0 aliphatic carbocycles. The largest absolute Gasteiger partial charge is 0.375 e. The molecule has 2 N–H and O–H groups in total. The van der Waals surface area contributed by atoms with Crippen LogP contribution < -0.4 is 15.5 Å². The Balaban J connectivity index is 0.00000242. The lowest BCUT2D eigenvalue weighted by Crippen LogP contribution is -2.42. The van der Waals surface area contributed by atoms with Crippen molar-refractivity contribution in [2.24, 2.45) is 0 Å². The van der Waals surface area contributed by atoms with Gasteiger partial charge in [0.25, 0.3) is 5.91 Å². The smallest absolute Gasteiger partial charge is 0.251 e. The van der Waals surface area contributed by atoms with Crippen LogP contribution in [0.4, 0.5) is 5.69 Å². The van der Waals surface area contributed by atoms with Crippen molar-refractivity contribution in [1.29, 1.82) is 0 Å². The van der Waals surface area contributed by atoms with Gasteiger partial charge in [-0.2, -0.15) is 0 Å². The van der Waals surface area contributed by atoms with E-state index >= 15 is 0 Å². The third-order valence-electron chi connectivity index (χ3n) is 4.09. The van der Waals surface area contributed by atoms with Crippen LogP contribution in [0.1, 0.15) is 43.0 Å². The Bertz CT molecular complexity index is 448. The van der Waals surface area contributed by atoms with Crippen molar-refractivity contribution in [2.75, 3.05) is 31.6 Å². The van der Waals surface area contributed by atoms with Crippen molar-refractivity contribution in [1.82, 2.24) is 10.6 Å². The summed E-state index contributed by atoms with van der Waals surface area (Å²) in [5, 5.41) is 6.43. The number of rotatable bonds is 6. The van der Waals surface area contributed by atoms with Crippen molar-refractivity contribution in [3.8, 4) is 0 Å². The molecular weight excluding hydrogens is 333 g/mol. The third-order valence-corrected chi connectivity index (χ3v) is 4.09. The fourth-order valence-electron chi connectivity index (χ4n) is 2.63. The number of nitrogens with one attached hydrogen (secondary N) is 2. The minimum Gasteiger partial charge on any atom is -0.375 e. The van der Waals surface area contributed by atoms with E-state index in [-0.39, 0.29) is 30.7 Å². The summed E-state index contributed by atoms with van der Waals surface area (Å²) in [5.41, 5.74) is 1.92. The summed E-state index contributed by atoms with van der Waals surface area (Å²) in [6.07, 6.45) is 4.42. The second-order valence-corrected chi connectivity index (χ2v) is 5.82. The van der Waals surface area contributed by atoms with E-state index in [9.17, 15) is 4.79 Å². The van der Waals surface area contributed by atoms with Crippen LogP contribution in [0.15, 0.2) is 24.3 Å². The second-order valence-electron chi connectivity index (χ2n) is 5.82. The number of piperidine rings is 1. The Morgan fingerprint density at radius 2 is 1.83 bits per heavy atom. The summed E-state index contributed by atoms with van der Waals surface area (Å²) in [6, 6.07) is 8.23. The molecule has 0 radical (unpaired) electrons. The molecule has 4 nitrogen and oxygen atoms in total. The van der Waals surface area contributed by atoms with Gasteiger partial charge in [0.05, 0.1) is 0 Å². The van der Waals surface area contributed by atoms with Crippen LogP contribution in [0.2, 0.25) is 0 Å². The molecule has 0 aromatic heterocycles. The maximum absolute atomic E-state index is 12.2. The minimum atomic E-state index is 0. The number of anilines is 1. The van der Waals surface area contributed by atoms with Crippen molar-refractivity contribution in [2.45, 2.75) is 38.6 Å². The van der Waals surface area contributed by atoms with Gasteiger partial charge in [-0.1, -0.05) is 13.3 Å². The molecule has 1 aromatic rings. The molecule has 1 aliphatic rings. The topological polar surface area (TPSA) is 44.4 Å². The molecule has 1 fully saturated rings. The summed E-state index contributed by atoms with van der Waals surface area (Å²) in [6.45, 7) is 5.23. The Hall–Kier alpha value is -0.970. The van der Waals surface area contributed by atoms with Gasteiger partial charge in [-0.3, -0.25) is 4.79 Å². The van der Waals surface area contributed by atoms with Crippen molar-refractivity contribution in [3.05, 3.63) is 29.8 Å². The highest BCUT2D eigenvalue weighted by Crippen LogP contribution is 2.15. The molecule has 0 spiro atoms. The summed E-state index contributed by atoms with van der Waals surface area (Å²) in [5.74, 6) is 0.0460. The summed E-state index contributed by atoms with van der Waals surface area (Å²) >= 11 is 0. The van der Waals surface area contributed by atoms with Crippen molar-refractivity contribution >= 4 is 36.4 Å². The normalized spacial score (nSPS) is 14.3. The molecule has 0 unspecified atom stereocenters. The SMILES string of the molecule is CCCCN(C)c1ccc(C(=O)NC2CCNCC2)cc1.Cl.Cl. The number of carbonyl (C=O) groups excluding carboxylic acids is 1. The van der Waals surface area contributed by atoms with Gasteiger partial charge in [-0.15, -0.1) is 24.8 Å². The quantitative estimate of drug-likeness (QED) is 0.817. The van der Waals surface area contributed by atoms with E-state index in [0.29, 0.717) is 6.04 Å². The van der Waals surface area contributed by atoms with E-state index in [1.807, 2.05) is 24.3 Å². The molecule has 1 saturated heterocycles. The number of benzene rings is 1. The first-order valence-corrected chi connectivity index (χ1v) is 8.03. The lowest BCUT2D eigenvalue weighted by Gasteiger charge is -2.24. The lowest BCUT2D eigenvalue weighted by atomic mass is 10.1. The Morgan fingerprint density at radius 1 is 1.22 bits per heavy atom.